The number of carbonyl (C=O) groups excluding carboxylic acids is 1. The SMILES string of the molecule is Cn1cc(C2=C([O-])/C(=C\C3=[N+](C)c4ccc5ccccc5c4C34CCCCC4)C2=O)c2ccccc21. The molecule has 1 spiro atoms. The second kappa shape index (κ2) is 7.54. The molecule has 0 atom stereocenters. The molecule has 1 fully saturated rings. The van der Waals surface area contributed by atoms with E-state index in [1.54, 1.807) is 0 Å². The van der Waals surface area contributed by atoms with Crippen LogP contribution in [0, 0.1) is 0 Å². The molecule has 1 aromatic heterocycles. The number of fused-ring (bicyclic) bond motifs is 5. The lowest BCUT2D eigenvalue weighted by Gasteiger charge is -2.34. The third kappa shape index (κ3) is 2.70. The Morgan fingerprint density at radius 2 is 1.67 bits per heavy atom. The Balaban J connectivity index is 1.40. The molecule has 0 saturated heterocycles. The average molecular weight is 473 g/mol. The lowest BCUT2D eigenvalue weighted by atomic mass is 9.65. The van der Waals surface area contributed by atoms with Crippen molar-refractivity contribution in [3.05, 3.63) is 95.4 Å². The summed E-state index contributed by atoms with van der Waals surface area (Å²) in [5.74, 6) is -0.270. The standard InChI is InChI=1S/C32H28N2O2/c1-33-19-24(22-12-6-7-13-25(22)33)28-30(35)23(31(28)36)18-27-32(16-8-3-9-17-32)29-21-11-5-4-10-20(21)14-15-26(29)34(27)2/h4-7,10-15,18-19H,3,8-9,16-17H2,1-2H3. The zero-order valence-corrected chi connectivity index (χ0v) is 20.7. The zero-order valence-electron chi connectivity index (χ0n) is 20.7. The predicted molar refractivity (Wildman–Crippen MR) is 142 cm³/mol. The van der Waals surface area contributed by atoms with Crippen molar-refractivity contribution in [2.24, 2.45) is 7.05 Å². The van der Waals surface area contributed by atoms with Crippen molar-refractivity contribution in [1.29, 1.82) is 0 Å². The number of aryl methyl sites for hydroxylation is 1. The number of para-hydroxylation sites is 1. The molecule has 36 heavy (non-hydrogen) atoms. The molecule has 4 nitrogen and oxygen atoms in total. The molecule has 0 radical (unpaired) electrons. The summed E-state index contributed by atoms with van der Waals surface area (Å²) in [6.45, 7) is 0. The number of hydrogen-bond acceptors (Lipinski definition) is 2. The van der Waals surface area contributed by atoms with Gasteiger partial charge in [0.1, 0.15) is 7.05 Å². The minimum absolute atomic E-state index is 0.135. The minimum Gasteiger partial charge on any atom is -0.871 e. The summed E-state index contributed by atoms with van der Waals surface area (Å²) in [7, 11) is 4.04. The number of Topliss-reactive ketones (excluding diaryl/α,β-unsaturated/α-hetero) is 1. The molecular formula is C32H28N2O2. The monoisotopic (exact) mass is 472 g/mol. The van der Waals surface area contributed by atoms with Crippen LogP contribution < -0.4 is 5.11 Å². The van der Waals surface area contributed by atoms with Gasteiger partial charge in [-0.3, -0.25) is 4.79 Å². The van der Waals surface area contributed by atoms with Crippen LogP contribution in [0.15, 0.2) is 84.3 Å². The lowest BCUT2D eigenvalue weighted by molar-refractivity contribution is -0.401. The Labute approximate surface area is 210 Å². The third-order valence-corrected chi connectivity index (χ3v) is 8.70. The topological polar surface area (TPSA) is 48.1 Å². The van der Waals surface area contributed by atoms with Crippen molar-refractivity contribution in [2.75, 3.05) is 7.05 Å². The first-order chi connectivity index (χ1) is 17.5. The summed E-state index contributed by atoms with van der Waals surface area (Å²) in [6.07, 6.45) is 9.45. The lowest BCUT2D eigenvalue weighted by Crippen LogP contribution is -2.38. The van der Waals surface area contributed by atoms with Crippen LogP contribution in [0.25, 0.3) is 27.2 Å². The number of nitrogens with zero attached hydrogens (tertiary/aromatic N) is 2. The molecule has 4 aromatic rings. The Morgan fingerprint density at radius 3 is 2.44 bits per heavy atom. The highest BCUT2D eigenvalue weighted by Gasteiger charge is 2.52. The van der Waals surface area contributed by atoms with E-state index in [2.05, 4.69) is 48.0 Å². The van der Waals surface area contributed by atoms with Crippen LogP contribution in [0.1, 0.15) is 43.2 Å². The van der Waals surface area contributed by atoms with Crippen molar-refractivity contribution in [2.45, 2.75) is 37.5 Å². The normalized spacial score (nSPS) is 20.2. The number of rotatable bonds is 2. The van der Waals surface area contributed by atoms with Gasteiger partial charge in [-0.15, -0.1) is 0 Å². The fourth-order valence-corrected chi connectivity index (χ4v) is 6.98. The minimum atomic E-state index is -0.161. The van der Waals surface area contributed by atoms with Gasteiger partial charge in [-0.05, 0) is 35.7 Å². The molecule has 178 valence electrons. The fraction of sp³-hybridized carbons (Fsp3) is 0.250. The third-order valence-electron chi connectivity index (χ3n) is 8.70. The number of aromatic nitrogens is 1. The Hall–Kier alpha value is -3.92. The van der Waals surface area contributed by atoms with Gasteiger partial charge in [-0.1, -0.05) is 67.5 Å². The maximum atomic E-state index is 13.5. The maximum absolute atomic E-state index is 13.5. The Kier molecular flexibility index (Phi) is 4.47. The highest BCUT2D eigenvalue weighted by molar-refractivity contribution is 6.41. The molecule has 0 bridgehead atoms. The summed E-state index contributed by atoms with van der Waals surface area (Å²) in [5, 5.41) is 17.0. The molecular weight excluding hydrogens is 444 g/mol. The van der Waals surface area contributed by atoms with Crippen molar-refractivity contribution >= 4 is 44.4 Å². The van der Waals surface area contributed by atoms with Crippen LogP contribution >= 0.6 is 0 Å². The maximum Gasteiger partial charge on any atom is 0.210 e. The largest absolute Gasteiger partial charge is 0.871 e. The molecule has 3 aliphatic rings. The van der Waals surface area contributed by atoms with E-state index in [9.17, 15) is 9.90 Å². The van der Waals surface area contributed by atoms with Crippen LogP contribution in [-0.4, -0.2) is 27.7 Å². The van der Waals surface area contributed by atoms with Gasteiger partial charge < -0.3 is 9.67 Å². The van der Waals surface area contributed by atoms with Crippen molar-refractivity contribution in [3.8, 4) is 0 Å². The molecule has 1 aliphatic heterocycles. The van der Waals surface area contributed by atoms with Gasteiger partial charge in [0.25, 0.3) is 0 Å². The quantitative estimate of drug-likeness (QED) is 0.284. The van der Waals surface area contributed by atoms with Crippen molar-refractivity contribution in [1.82, 2.24) is 4.57 Å². The molecule has 0 amide bonds. The van der Waals surface area contributed by atoms with Gasteiger partial charge in [0, 0.05) is 58.6 Å². The van der Waals surface area contributed by atoms with E-state index in [4.69, 9.17) is 0 Å². The summed E-state index contributed by atoms with van der Waals surface area (Å²) in [5.41, 5.74) is 5.90. The summed E-state index contributed by atoms with van der Waals surface area (Å²) < 4.78 is 4.22. The zero-order chi connectivity index (χ0) is 24.6. The van der Waals surface area contributed by atoms with Gasteiger partial charge in [-0.25, -0.2) is 0 Å². The molecule has 0 unspecified atom stereocenters. The predicted octanol–water partition coefficient (Wildman–Crippen LogP) is 5.54. The van der Waals surface area contributed by atoms with E-state index < -0.39 is 0 Å². The number of ketones is 1. The van der Waals surface area contributed by atoms with E-state index in [-0.39, 0.29) is 17.0 Å². The summed E-state index contributed by atoms with van der Waals surface area (Å²) >= 11 is 0. The average Bonchev–Trinajstić information content (AvgIpc) is 3.35. The van der Waals surface area contributed by atoms with Crippen molar-refractivity contribution < 1.29 is 14.5 Å². The van der Waals surface area contributed by atoms with E-state index in [1.165, 1.54) is 28.4 Å². The van der Waals surface area contributed by atoms with Gasteiger partial charge in [0.15, 0.2) is 11.5 Å². The smallest absolute Gasteiger partial charge is 0.210 e. The Bertz CT molecular complexity index is 1710. The van der Waals surface area contributed by atoms with Crippen LogP contribution in [0.3, 0.4) is 0 Å². The van der Waals surface area contributed by atoms with Crippen LogP contribution in [0.5, 0.6) is 0 Å². The molecule has 2 aliphatic carbocycles. The fourth-order valence-electron chi connectivity index (χ4n) is 6.98. The number of allylic oxidation sites excluding steroid dienone is 3. The van der Waals surface area contributed by atoms with Crippen molar-refractivity contribution in [3.63, 3.8) is 0 Å². The molecule has 0 N–H and O–H groups in total. The Morgan fingerprint density at radius 1 is 0.944 bits per heavy atom. The number of benzene rings is 3. The van der Waals surface area contributed by atoms with E-state index in [0.717, 1.165) is 47.9 Å². The van der Waals surface area contributed by atoms with Gasteiger partial charge in [0.05, 0.1) is 5.41 Å². The van der Waals surface area contributed by atoms with Crippen LogP contribution in [0.2, 0.25) is 0 Å². The van der Waals surface area contributed by atoms with Gasteiger partial charge in [0.2, 0.25) is 5.69 Å². The summed E-state index contributed by atoms with van der Waals surface area (Å²) in [4.78, 5) is 13.5. The first kappa shape index (κ1) is 21.4. The highest BCUT2D eigenvalue weighted by atomic mass is 16.3. The molecule has 2 heterocycles. The van der Waals surface area contributed by atoms with Gasteiger partial charge >= 0.3 is 0 Å². The first-order valence-electron chi connectivity index (χ1n) is 12.9. The first-order valence-corrected chi connectivity index (χ1v) is 12.9. The van der Waals surface area contributed by atoms with Gasteiger partial charge in [-0.2, -0.15) is 4.58 Å². The number of hydrogen-bond donors (Lipinski definition) is 0. The van der Waals surface area contributed by atoms with Crippen LogP contribution in [0.4, 0.5) is 5.69 Å². The second-order valence-corrected chi connectivity index (χ2v) is 10.5. The van der Waals surface area contributed by atoms with E-state index >= 15 is 0 Å². The molecule has 7 rings (SSSR count). The van der Waals surface area contributed by atoms with E-state index in [1.807, 2.05) is 48.2 Å². The summed E-state index contributed by atoms with van der Waals surface area (Å²) in [6, 6.07) is 20.9. The highest BCUT2D eigenvalue weighted by Crippen LogP contribution is 2.52. The molecule has 3 aromatic carbocycles. The number of carbonyl (C=O) groups is 1. The van der Waals surface area contributed by atoms with E-state index in [0.29, 0.717) is 11.1 Å². The van der Waals surface area contributed by atoms with Crippen LogP contribution in [-0.2, 0) is 17.3 Å². The molecule has 4 heteroatoms. The second-order valence-electron chi connectivity index (χ2n) is 10.5. The molecule has 1 saturated carbocycles.